The maximum Gasteiger partial charge on any atom is 0.288 e. The number of amides is 1. The van der Waals surface area contributed by atoms with Crippen LogP contribution >= 0.6 is 11.8 Å². The van der Waals surface area contributed by atoms with E-state index in [0.717, 1.165) is 5.69 Å². The van der Waals surface area contributed by atoms with Gasteiger partial charge in [-0.05, 0) is 49.4 Å². The third kappa shape index (κ3) is 4.51. The van der Waals surface area contributed by atoms with Gasteiger partial charge in [0.25, 0.3) is 5.76 Å². The van der Waals surface area contributed by atoms with E-state index in [4.69, 9.17) is 4.42 Å². The first-order valence-corrected chi connectivity index (χ1v) is 8.78. The molecule has 8 heteroatoms. The highest BCUT2D eigenvalue weighted by Crippen LogP contribution is 2.26. The van der Waals surface area contributed by atoms with Crippen molar-refractivity contribution in [2.75, 3.05) is 10.6 Å². The molecule has 0 aliphatic rings. The zero-order valence-electron chi connectivity index (χ0n) is 14.1. The molecular weight excluding hydrogens is 360 g/mol. The van der Waals surface area contributed by atoms with Crippen LogP contribution in [0.1, 0.15) is 12.8 Å². The summed E-state index contributed by atoms with van der Waals surface area (Å²) in [6.07, 6.45) is 0. The van der Waals surface area contributed by atoms with Crippen LogP contribution in [0.15, 0.2) is 51.8 Å². The topological polar surface area (TPSA) is 67.2 Å². The Morgan fingerprint density at radius 2 is 1.85 bits per heavy atom. The zero-order chi connectivity index (χ0) is 18.7. The van der Waals surface area contributed by atoms with Crippen molar-refractivity contribution in [3.63, 3.8) is 0 Å². The number of benzene rings is 2. The van der Waals surface area contributed by atoms with Crippen LogP contribution in [-0.2, 0) is 4.79 Å². The molecule has 0 fully saturated rings. The first-order chi connectivity index (χ1) is 12.4. The molecule has 0 unspecified atom stereocenters. The summed E-state index contributed by atoms with van der Waals surface area (Å²) in [5.74, 6) is -2.13. The van der Waals surface area contributed by atoms with Crippen LogP contribution in [0.2, 0.25) is 0 Å². The monoisotopic (exact) mass is 377 g/mol. The molecule has 1 heterocycles. The molecule has 0 bridgehead atoms. The number of nitrogens with one attached hydrogen (secondary N) is 2. The number of nitrogens with zero attached hydrogens (tertiary/aromatic N) is 1. The molecule has 0 saturated carbocycles. The maximum absolute atomic E-state index is 12.3. The summed E-state index contributed by atoms with van der Waals surface area (Å²) in [4.78, 5) is 17.0. The summed E-state index contributed by atoms with van der Waals surface area (Å²) < 4.78 is 30.1. The van der Waals surface area contributed by atoms with E-state index >= 15 is 0 Å². The van der Waals surface area contributed by atoms with Gasteiger partial charge < -0.3 is 15.1 Å². The molecule has 0 spiro atoms. The van der Waals surface area contributed by atoms with Gasteiger partial charge in [-0.2, -0.15) is 8.78 Å². The van der Waals surface area contributed by atoms with Gasteiger partial charge in [-0.1, -0.05) is 11.8 Å². The molecule has 1 amide bonds. The predicted molar refractivity (Wildman–Crippen MR) is 98.8 cm³/mol. The number of rotatable bonds is 6. The Bertz CT molecular complexity index is 912. The Hall–Kier alpha value is -2.61. The Labute approximate surface area is 153 Å². The van der Waals surface area contributed by atoms with Crippen molar-refractivity contribution < 1.29 is 18.0 Å². The molecule has 5 nitrogen and oxygen atoms in total. The van der Waals surface area contributed by atoms with E-state index < -0.39 is 11.8 Å². The van der Waals surface area contributed by atoms with E-state index in [1.807, 2.05) is 12.1 Å². The lowest BCUT2D eigenvalue weighted by Crippen LogP contribution is -2.31. The van der Waals surface area contributed by atoms with E-state index in [1.165, 1.54) is 0 Å². The Kier molecular flexibility index (Phi) is 5.41. The maximum atomic E-state index is 12.3. The van der Waals surface area contributed by atoms with Crippen molar-refractivity contribution in [3.8, 4) is 0 Å². The number of hydrogen-bond donors (Lipinski definition) is 2. The van der Waals surface area contributed by atoms with E-state index in [-0.39, 0.29) is 5.91 Å². The number of carbonyl (C=O) groups excluding carboxylic acids is 1. The van der Waals surface area contributed by atoms with Crippen LogP contribution < -0.4 is 10.6 Å². The average molecular weight is 377 g/mol. The lowest BCUT2D eigenvalue weighted by Gasteiger charge is -2.15. The number of aromatic nitrogens is 1. The van der Waals surface area contributed by atoms with Crippen molar-refractivity contribution in [2.24, 2.45) is 0 Å². The van der Waals surface area contributed by atoms with Crippen LogP contribution in [0.3, 0.4) is 0 Å². The number of fused-ring (bicyclic) bond motifs is 1. The summed E-state index contributed by atoms with van der Waals surface area (Å²) in [6.45, 7) is 3.50. The van der Waals surface area contributed by atoms with E-state index in [1.54, 1.807) is 44.2 Å². The van der Waals surface area contributed by atoms with Crippen LogP contribution in [0.4, 0.5) is 20.2 Å². The number of hydrogen-bond acceptors (Lipinski definition) is 5. The number of halogens is 2. The van der Waals surface area contributed by atoms with Gasteiger partial charge in [-0.3, -0.25) is 4.79 Å². The van der Waals surface area contributed by atoms with Gasteiger partial charge >= 0.3 is 0 Å². The molecule has 1 aromatic heterocycles. The number of oxazole rings is 1. The third-order valence-corrected chi connectivity index (χ3v) is 4.34. The number of alkyl halides is 2. The molecular formula is C18H17F2N3O2S. The fraction of sp³-hybridized carbons (Fsp3) is 0.222. The summed E-state index contributed by atoms with van der Waals surface area (Å²) in [5.41, 5.74) is 2.70. The second kappa shape index (κ2) is 7.74. The lowest BCUT2D eigenvalue weighted by atomic mass is 10.2. The normalized spacial score (nSPS) is 12.3. The second-order valence-electron chi connectivity index (χ2n) is 5.67. The summed E-state index contributed by atoms with van der Waals surface area (Å²) in [7, 11) is 0. The zero-order valence-corrected chi connectivity index (χ0v) is 14.9. The Morgan fingerprint density at radius 1 is 1.15 bits per heavy atom. The predicted octanol–water partition coefficient (Wildman–Crippen LogP) is 4.89. The SMILES string of the molecule is Cc1nc2cc(N[C@@H](C)C(=O)Nc3ccc(SC(F)F)cc3)ccc2o1. The van der Waals surface area contributed by atoms with Gasteiger partial charge in [0.1, 0.15) is 11.6 Å². The highest BCUT2D eigenvalue weighted by atomic mass is 32.2. The van der Waals surface area contributed by atoms with Crippen LogP contribution in [0, 0.1) is 6.92 Å². The fourth-order valence-electron chi connectivity index (χ4n) is 2.42. The number of thioether (sulfide) groups is 1. The average Bonchev–Trinajstić information content (AvgIpc) is 2.95. The number of aryl methyl sites for hydroxylation is 1. The van der Waals surface area contributed by atoms with Gasteiger partial charge in [0.15, 0.2) is 11.5 Å². The highest BCUT2D eigenvalue weighted by molar-refractivity contribution is 7.99. The smallest absolute Gasteiger partial charge is 0.288 e. The number of carbonyl (C=O) groups is 1. The van der Waals surface area contributed by atoms with Gasteiger partial charge in [0, 0.05) is 23.2 Å². The van der Waals surface area contributed by atoms with Crippen LogP contribution in [0.5, 0.6) is 0 Å². The molecule has 1 atom stereocenters. The first kappa shape index (κ1) is 18.2. The molecule has 0 radical (unpaired) electrons. The van der Waals surface area contributed by atoms with Crippen molar-refractivity contribution in [1.29, 1.82) is 0 Å². The van der Waals surface area contributed by atoms with Crippen molar-refractivity contribution >= 4 is 40.1 Å². The fourth-order valence-corrected chi connectivity index (χ4v) is 2.92. The molecule has 26 heavy (non-hydrogen) atoms. The minimum Gasteiger partial charge on any atom is -0.441 e. The second-order valence-corrected chi connectivity index (χ2v) is 6.74. The quantitative estimate of drug-likeness (QED) is 0.599. The van der Waals surface area contributed by atoms with Crippen LogP contribution in [0.25, 0.3) is 11.1 Å². The van der Waals surface area contributed by atoms with Gasteiger partial charge in [0.05, 0.1) is 0 Å². The molecule has 3 rings (SSSR count). The molecule has 2 aromatic carbocycles. The molecule has 136 valence electrons. The lowest BCUT2D eigenvalue weighted by molar-refractivity contribution is -0.116. The van der Waals surface area contributed by atoms with E-state index in [2.05, 4.69) is 15.6 Å². The molecule has 0 saturated heterocycles. The van der Waals surface area contributed by atoms with Crippen LogP contribution in [-0.4, -0.2) is 22.7 Å². The summed E-state index contributed by atoms with van der Waals surface area (Å²) in [5, 5.41) is 5.86. The Balaban J connectivity index is 1.61. The minimum absolute atomic E-state index is 0.240. The largest absolute Gasteiger partial charge is 0.441 e. The molecule has 3 aromatic rings. The standard InChI is InChI=1S/C18H17F2N3O2S/c1-10(21-13-5-8-16-15(9-13)22-11(2)25-16)17(24)23-12-3-6-14(7-4-12)26-18(19)20/h3-10,18,21H,1-2H3,(H,23,24)/t10-/m0/s1. The van der Waals surface area contributed by atoms with Crippen molar-refractivity contribution in [3.05, 3.63) is 48.4 Å². The van der Waals surface area contributed by atoms with E-state index in [0.29, 0.717) is 39.3 Å². The highest BCUT2D eigenvalue weighted by Gasteiger charge is 2.14. The van der Waals surface area contributed by atoms with Gasteiger partial charge in [-0.25, -0.2) is 4.98 Å². The van der Waals surface area contributed by atoms with Crippen molar-refractivity contribution in [1.82, 2.24) is 4.98 Å². The van der Waals surface area contributed by atoms with Gasteiger partial charge in [0.2, 0.25) is 5.91 Å². The first-order valence-electron chi connectivity index (χ1n) is 7.90. The van der Waals surface area contributed by atoms with Gasteiger partial charge in [-0.15, -0.1) is 0 Å². The van der Waals surface area contributed by atoms with E-state index in [9.17, 15) is 13.6 Å². The van der Waals surface area contributed by atoms with Crippen molar-refractivity contribution in [2.45, 2.75) is 30.5 Å². The summed E-state index contributed by atoms with van der Waals surface area (Å²) in [6, 6.07) is 11.2. The third-order valence-electron chi connectivity index (χ3n) is 3.62. The molecule has 0 aliphatic carbocycles. The number of anilines is 2. The summed E-state index contributed by atoms with van der Waals surface area (Å²) >= 11 is 0.465. The molecule has 0 aliphatic heterocycles. The Morgan fingerprint density at radius 3 is 2.54 bits per heavy atom. The minimum atomic E-state index is -2.47. The molecule has 2 N–H and O–H groups in total.